The Balaban J connectivity index is 2.42. The van der Waals surface area contributed by atoms with Gasteiger partial charge in [-0.1, -0.05) is 26.3 Å². The van der Waals surface area contributed by atoms with Crippen molar-refractivity contribution >= 4 is 12.0 Å². The summed E-state index contributed by atoms with van der Waals surface area (Å²) in [6.45, 7) is 4.42. The maximum atomic E-state index is 11.7. The highest BCUT2D eigenvalue weighted by molar-refractivity contribution is 5.75. The van der Waals surface area contributed by atoms with E-state index in [4.69, 9.17) is 5.11 Å². The lowest BCUT2D eigenvalue weighted by Crippen LogP contribution is -2.39. The van der Waals surface area contributed by atoms with Gasteiger partial charge >= 0.3 is 12.0 Å². The standard InChI is InChI=1S/C15H23N3O3/c1-3-6-12(14(19)20)9-17-15(21)18-10-13-11(4-2)7-5-8-16-13/h5,7-8,12H,3-4,6,9-10H2,1-2H3,(H,19,20)(H2,17,18,21). The molecule has 1 atom stereocenters. The number of nitrogens with one attached hydrogen (secondary N) is 2. The summed E-state index contributed by atoms with van der Waals surface area (Å²) in [7, 11) is 0. The smallest absolute Gasteiger partial charge is 0.315 e. The number of pyridine rings is 1. The predicted octanol–water partition coefficient (Wildman–Crippen LogP) is 1.94. The topological polar surface area (TPSA) is 91.3 Å². The van der Waals surface area contributed by atoms with E-state index in [1.54, 1.807) is 6.20 Å². The van der Waals surface area contributed by atoms with E-state index < -0.39 is 11.9 Å². The average molecular weight is 293 g/mol. The largest absolute Gasteiger partial charge is 0.481 e. The molecule has 1 unspecified atom stereocenters. The number of urea groups is 1. The fourth-order valence-corrected chi connectivity index (χ4v) is 2.06. The van der Waals surface area contributed by atoms with Crippen LogP contribution in [-0.2, 0) is 17.8 Å². The van der Waals surface area contributed by atoms with Crippen LogP contribution in [0.15, 0.2) is 18.3 Å². The second-order valence-electron chi connectivity index (χ2n) is 4.85. The first-order valence-electron chi connectivity index (χ1n) is 7.25. The Bertz CT molecular complexity index is 477. The number of nitrogens with zero attached hydrogens (tertiary/aromatic N) is 1. The van der Waals surface area contributed by atoms with Crippen LogP contribution < -0.4 is 10.6 Å². The number of carbonyl (C=O) groups excluding carboxylic acids is 1. The Morgan fingerprint density at radius 3 is 2.71 bits per heavy atom. The van der Waals surface area contributed by atoms with Crippen molar-refractivity contribution in [2.45, 2.75) is 39.7 Å². The van der Waals surface area contributed by atoms with Crippen molar-refractivity contribution in [1.82, 2.24) is 15.6 Å². The van der Waals surface area contributed by atoms with E-state index in [9.17, 15) is 9.59 Å². The number of amides is 2. The Labute approximate surface area is 125 Å². The Hall–Kier alpha value is -2.11. The lowest BCUT2D eigenvalue weighted by Gasteiger charge is -2.13. The van der Waals surface area contributed by atoms with E-state index in [0.717, 1.165) is 24.1 Å². The van der Waals surface area contributed by atoms with E-state index in [-0.39, 0.29) is 12.6 Å². The van der Waals surface area contributed by atoms with Crippen molar-refractivity contribution in [2.24, 2.45) is 5.92 Å². The molecule has 6 heteroatoms. The van der Waals surface area contributed by atoms with Crippen molar-refractivity contribution in [2.75, 3.05) is 6.54 Å². The van der Waals surface area contributed by atoms with Crippen molar-refractivity contribution in [3.8, 4) is 0 Å². The first kappa shape index (κ1) is 16.9. The van der Waals surface area contributed by atoms with Crippen LogP contribution in [0.5, 0.6) is 0 Å². The molecule has 0 saturated heterocycles. The molecule has 0 aromatic carbocycles. The van der Waals surface area contributed by atoms with Gasteiger partial charge in [-0.25, -0.2) is 4.79 Å². The maximum absolute atomic E-state index is 11.7. The van der Waals surface area contributed by atoms with E-state index >= 15 is 0 Å². The molecule has 2 amide bonds. The van der Waals surface area contributed by atoms with Gasteiger partial charge in [-0.05, 0) is 24.5 Å². The molecular formula is C15H23N3O3. The molecule has 0 aliphatic carbocycles. The number of aliphatic carboxylic acids is 1. The molecule has 3 N–H and O–H groups in total. The van der Waals surface area contributed by atoms with Gasteiger partial charge in [0.2, 0.25) is 0 Å². The SMILES string of the molecule is CCCC(CNC(=O)NCc1ncccc1CC)C(=O)O. The quantitative estimate of drug-likeness (QED) is 0.683. The fourth-order valence-electron chi connectivity index (χ4n) is 2.06. The minimum atomic E-state index is -0.879. The molecule has 0 aliphatic rings. The Kier molecular flexibility index (Phi) is 7.21. The highest BCUT2D eigenvalue weighted by Crippen LogP contribution is 2.06. The summed E-state index contributed by atoms with van der Waals surface area (Å²) in [5.41, 5.74) is 1.92. The van der Waals surface area contributed by atoms with Crippen molar-refractivity contribution in [1.29, 1.82) is 0 Å². The lowest BCUT2D eigenvalue weighted by atomic mass is 10.0. The third-order valence-electron chi connectivity index (χ3n) is 3.28. The van der Waals surface area contributed by atoms with Crippen LogP contribution >= 0.6 is 0 Å². The van der Waals surface area contributed by atoms with Crippen LogP contribution in [0, 0.1) is 5.92 Å². The van der Waals surface area contributed by atoms with Crippen molar-refractivity contribution in [3.05, 3.63) is 29.6 Å². The zero-order valence-electron chi connectivity index (χ0n) is 12.6. The lowest BCUT2D eigenvalue weighted by molar-refractivity contribution is -0.141. The molecule has 6 nitrogen and oxygen atoms in total. The van der Waals surface area contributed by atoms with Crippen LogP contribution in [0.3, 0.4) is 0 Å². The van der Waals surface area contributed by atoms with Gasteiger partial charge in [0, 0.05) is 12.7 Å². The number of carbonyl (C=O) groups is 2. The van der Waals surface area contributed by atoms with Gasteiger partial charge in [0.1, 0.15) is 0 Å². The normalized spacial score (nSPS) is 11.7. The summed E-state index contributed by atoms with van der Waals surface area (Å²) in [6, 6.07) is 3.47. The first-order valence-corrected chi connectivity index (χ1v) is 7.25. The second-order valence-corrected chi connectivity index (χ2v) is 4.85. The van der Waals surface area contributed by atoms with Crippen LogP contribution in [-0.4, -0.2) is 28.6 Å². The van der Waals surface area contributed by atoms with E-state index in [1.807, 2.05) is 26.0 Å². The average Bonchev–Trinajstić information content (AvgIpc) is 2.49. The van der Waals surface area contributed by atoms with Gasteiger partial charge in [0.05, 0.1) is 18.2 Å². The number of hydrogen-bond donors (Lipinski definition) is 3. The molecule has 1 aromatic heterocycles. The maximum Gasteiger partial charge on any atom is 0.315 e. The first-order chi connectivity index (χ1) is 10.1. The number of carboxylic acid groups (broad SMARTS) is 1. The minimum absolute atomic E-state index is 0.137. The van der Waals surface area contributed by atoms with Crippen molar-refractivity contribution < 1.29 is 14.7 Å². The van der Waals surface area contributed by atoms with Gasteiger partial charge in [-0.15, -0.1) is 0 Å². The van der Waals surface area contributed by atoms with Gasteiger partial charge in [-0.2, -0.15) is 0 Å². The summed E-state index contributed by atoms with van der Waals surface area (Å²) in [4.78, 5) is 26.9. The molecule has 1 aromatic rings. The van der Waals surface area contributed by atoms with Crippen LogP contribution in [0.25, 0.3) is 0 Å². The predicted molar refractivity (Wildman–Crippen MR) is 79.9 cm³/mol. The summed E-state index contributed by atoms with van der Waals surface area (Å²) < 4.78 is 0. The molecule has 1 rings (SSSR count). The molecule has 21 heavy (non-hydrogen) atoms. The molecular weight excluding hydrogens is 270 g/mol. The Morgan fingerprint density at radius 2 is 2.10 bits per heavy atom. The minimum Gasteiger partial charge on any atom is -0.481 e. The van der Waals surface area contributed by atoms with Crippen molar-refractivity contribution in [3.63, 3.8) is 0 Å². The van der Waals surface area contributed by atoms with Gasteiger partial charge in [0.25, 0.3) is 0 Å². The van der Waals surface area contributed by atoms with Gasteiger partial charge in [0.15, 0.2) is 0 Å². The zero-order valence-corrected chi connectivity index (χ0v) is 12.6. The van der Waals surface area contributed by atoms with Crippen LogP contribution in [0.4, 0.5) is 4.79 Å². The third-order valence-corrected chi connectivity index (χ3v) is 3.28. The highest BCUT2D eigenvalue weighted by Gasteiger charge is 2.17. The summed E-state index contributed by atoms with van der Waals surface area (Å²) in [6.07, 6.45) is 3.86. The monoisotopic (exact) mass is 293 g/mol. The summed E-state index contributed by atoms with van der Waals surface area (Å²) in [5.74, 6) is -1.42. The number of carboxylic acids is 1. The second kappa shape index (κ2) is 8.94. The van der Waals surface area contributed by atoms with Gasteiger partial charge < -0.3 is 15.7 Å². The van der Waals surface area contributed by atoms with E-state index in [0.29, 0.717) is 13.0 Å². The molecule has 116 valence electrons. The molecule has 0 radical (unpaired) electrons. The fraction of sp³-hybridized carbons (Fsp3) is 0.533. The summed E-state index contributed by atoms with van der Waals surface area (Å²) >= 11 is 0. The molecule has 0 saturated carbocycles. The van der Waals surface area contributed by atoms with E-state index in [1.165, 1.54) is 0 Å². The number of aryl methyl sites for hydroxylation is 1. The van der Waals surface area contributed by atoms with Gasteiger partial charge in [-0.3, -0.25) is 9.78 Å². The van der Waals surface area contributed by atoms with E-state index in [2.05, 4.69) is 15.6 Å². The number of aromatic nitrogens is 1. The number of rotatable bonds is 8. The molecule has 0 spiro atoms. The zero-order chi connectivity index (χ0) is 15.7. The highest BCUT2D eigenvalue weighted by atomic mass is 16.4. The van der Waals surface area contributed by atoms with Crippen LogP contribution in [0.1, 0.15) is 37.9 Å². The summed E-state index contributed by atoms with van der Waals surface area (Å²) in [5, 5.41) is 14.3. The molecule has 0 aliphatic heterocycles. The van der Waals surface area contributed by atoms with Crippen LogP contribution in [0.2, 0.25) is 0 Å². The Morgan fingerprint density at radius 1 is 1.33 bits per heavy atom. The molecule has 0 bridgehead atoms. The number of hydrogen-bond acceptors (Lipinski definition) is 3. The third kappa shape index (κ3) is 5.81. The molecule has 0 fully saturated rings. The molecule has 1 heterocycles.